The lowest BCUT2D eigenvalue weighted by atomic mass is 9.96. The van der Waals surface area contributed by atoms with Gasteiger partial charge in [-0.05, 0) is 30.5 Å². The van der Waals surface area contributed by atoms with E-state index in [0.717, 1.165) is 26.2 Å². The second-order valence-corrected chi connectivity index (χ2v) is 5.74. The largest absolute Gasteiger partial charge is 0.396 e. The molecule has 1 aliphatic rings. The highest BCUT2D eigenvalue weighted by Gasteiger charge is 2.32. The fourth-order valence-electron chi connectivity index (χ4n) is 2.99. The van der Waals surface area contributed by atoms with Gasteiger partial charge in [0.15, 0.2) is 0 Å². The molecule has 0 unspecified atom stereocenters. The van der Waals surface area contributed by atoms with E-state index in [4.69, 9.17) is 5.11 Å². The molecule has 0 bridgehead atoms. The molecule has 0 spiro atoms. The van der Waals surface area contributed by atoms with Crippen molar-refractivity contribution >= 4 is 0 Å². The summed E-state index contributed by atoms with van der Waals surface area (Å²) in [5.41, 5.74) is 1.22. The average molecular weight is 279 g/mol. The zero-order chi connectivity index (χ0) is 14.4. The Morgan fingerprint density at radius 1 is 1.35 bits per heavy atom. The summed E-state index contributed by atoms with van der Waals surface area (Å²) in [6.07, 6.45) is 3.69. The molecule has 2 N–H and O–H groups in total. The van der Waals surface area contributed by atoms with Crippen LogP contribution in [0.2, 0.25) is 0 Å². The summed E-state index contributed by atoms with van der Waals surface area (Å²) in [5.74, 6) is 0.793. The SMILES string of the molecule is CN(CCO)C[C@@H]1CN(Cc2cccnc2)C[C@@H]1CO. The molecule has 0 radical (unpaired) electrons. The van der Waals surface area contributed by atoms with Gasteiger partial charge < -0.3 is 15.1 Å². The number of aliphatic hydroxyl groups excluding tert-OH is 2. The lowest BCUT2D eigenvalue weighted by Gasteiger charge is -2.23. The van der Waals surface area contributed by atoms with Crippen LogP contribution in [-0.2, 0) is 6.54 Å². The van der Waals surface area contributed by atoms with Crippen molar-refractivity contribution in [3.05, 3.63) is 30.1 Å². The molecule has 0 saturated carbocycles. The Hall–Kier alpha value is -1.01. The highest BCUT2D eigenvalue weighted by Crippen LogP contribution is 2.25. The molecular weight excluding hydrogens is 254 g/mol. The van der Waals surface area contributed by atoms with Crippen LogP contribution in [0, 0.1) is 11.8 Å². The normalized spacial score (nSPS) is 23.6. The minimum atomic E-state index is 0.187. The van der Waals surface area contributed by atoms with Gasteiger partial charge in [0.05, 0.1) is 6.61 Å². The van der Waals surface area contributed by atoms with Crippen LogP contribution < -0.4 is 0 Å². The molecule has 20 heavy (non-hydrogen) atoms. The Morgan fingerprint density at radius 3 is 2.80 bits per heavy atom. The van der Waals surface area contributed by atoms with E-state index in [1.54, 1.807) is 6.20 Å². The molecule has 0 aromatic carbocycles. The van der Waals surface area contributed by atoms with Crippen molar-refractivity contribution in [3.63, 3.8) is 0 Å². The first-order valence-corrected chi connectivity index (χ1v) is 7.24. The van der Waals surface area contributed by atoms with Crippen molar-refractivity contribution in [1.29, 1.82) is 0 Å². The number of hydrogen-bond donors (Lipinski definition) is 2. The van der Waals surface area contributed by atoms with E-state index in [1.165, 1.54) is 5.56 Å². The fraction of sp³-hybridized carbons (Fsp3) is 0.667. The number of likely N-dealkylation sites (tertiary alicyclic amines) is 1. The van der Waals surface area contributed by atoms with Crippen LogP contribution in [0.5, 0.6) is 0 Å². The summed E-state index contributed by atoms with van der Waals surface area (Å²) >= 11 is 0. The predicted octanol–water partition coefficient (Wildman–Crippen LogP) is 0.0460. The van der Waals surface area contributed by atoms with Crippen LogP contribution in [0.1, 0.15) is 5.56 Å². The minimum Gasteiger partial charge on any atom is -0.396 e. The molecule has 5 heteroatoms. The summed E-state index contributed by atoms with van der Waals surface area (Å²) in [5, 5.41) is 18.5. The monoisotopic (exact) mass is 279 g/mol. The minimum absolute atomic E-state index is 0.187. The van der Waals surface area contributed by atoms with Gasteiger partial charge in [0.1, 0.15) is 0 Å². The molecule has 112 valence electrons. The van der Waals surface area contributed by atoms with Gasteiger partial charge >= 0.3 is 0 Å². The van der Waals surface area contributed by atoms with Crippen molar-refractivity contribution in [2.24, 2.45) is 11.8 Å². The zero-order valence-corrected chi connectivity index (χ0v) is 12.1. The average Bonchev–Trinajstić information content (AvgIpc) is 2.82. The van der Waals surface area contributed by atoms with Crippen molar-refractivity contribution in [2.75, 3.05) is 46.4 Å². The Balaban J connectivity index is 1.88. The van der Waals surface area contributed by atoms with E-state index < -0.39 is 0 Å². The third-order valence-electron chi connectivity index (χ3n) is 4.04. The molecule has 2 rings (SSSR count). The van der Waals surface area contributed by atoms with Crippen molar-refractivity contribution in [2.45, 2.75) is 6.54 Å². The number of hydrogen-bond acceptors (Lipinski definition) is 5. The highest BCUT2D eigenvalue weighted by molar-refractivity contribution is 5.08. The van der Waals surface area contributed by atoms with Crippen LogP contribution in [0.15, 0.2) is 24.5 Å². The third kappa shape index (κ3) is 4.24. The molecule has 1 fully saturated rings. The molecule has 1 aromatic rings. The Bertz CT molecular complexity index is 388. The number of nitrogens with zero attached hydrogens (tertiary/aromatic N) is 3. The van der Waals surface area contributed by atoms with Gasteiger partial charge in [-0.3, -0.25) is 9.88 Å². The lowest BCUT2D eigenvalue weighted by Crippen LogP contribution is -2.32. The summed E-state index contributed by atoms with van der Waals surface area (Å²) in [6, 6.07) is 4.05. The molecule has 2 heterocycles. The van der Waals surface area contributed by atoms with E-state index in [9.17, 15) is 5.11 Å². The van der Waals surface area contributed by atoms with Crippen LogP contribution in [0.25, 0.3) is 0 Å². The molecule has 2 atom stereocenters. The first-order valence-electron chi connectivity index (χ1n) is 7.24. The summed E-state index contributed by atoms with van der Waals surface area (Å²) in [4.78, 5) is 8.67. The number of pyridine rings is 1. The fourth-order valence-corrected chi connectivity index (χ4v) is 2.99. The maximum Gasteiger partial charge on any atom is 0.0558 e. The first kappa shape index (κ1) is 15.4. The maximum absolute atomic E-state index is 9.56. The van der Waals surface area contributed by atoms with E-state index >= 15 is 0 Å². The topological polar surface area (TPSA) is 59.8 Å². The number of aromatic nitrogens is 1. The van der Waals surface area contributed by atoms with Gasteiger partial charge in [0.25, 0.3) is 0 Å². The number of likely N-dealkylation sites (N-methyl/N-ethyl adjacent to an activating group) is 1. The van der Waals surface area contributed by atoms with Gasteiger partial charge in [-0.2, -0.15) is 0 Å². The van der Waals surface area contributed by atoms with Crippen molar-refractivity contribution < 1.29 is 10.2 Å². The molecule has 1 saturated heterocycles. The van der Waals surface area contributed by atoms with E-state index in [1.807, 2.05) is 19.3 Å². The van der Waals surface area contributed by atoms with Gasteiger partial charge in [-0.1, -0.05) is 6.07 Å². The van der Waals surface area contributed by atoms with Crippen LogP contribution in [-0.4, -0.2) is 71.4 Å². The Kier molecular flexibility index (Phi) is 5.91. The predicted molar refractivity (Wildman–Crippen MR) is 78.2 cm³/mol. The van der Waals surface area contributed by atoms with Crippen LogP contribution in [0.3, 0.4) is 0 Å². The number of aliphatic hydroxyl groups is 2. The second kappa shape index (κ2) is 7.69. The summed E-state index contributed by atoms with van der Waals surface area (Å²) in [6.45, 7) is 4.86. The lowest BCUT2D eigenvalue weighted by molar-refractivity contribution is 0.160. The van der Waals surface area contributed by atoms with E-state index in [0.29, 0.717) is 18.4 Å². The van der Waals surface area contributed by atoms with Crippen LogP contribution >= 0.6 is 0 Å². The molecule has 1 aliphatic heterocycles. The number of rotatable bonds is 7. The standard InChI is InChI=1S/C15H25N3O2/c1-17(5-6-19)9-14-10-18(11-15(14)12-20)8-13-3-2-4-16-7-13/h2-4,7,14-15,19-20H,5-6,8-12H2,1H3/t14-,15-/m1/s1. The quantitative estimate of drug-likeness (QED) is 0.738. The second-order valence-electron chi connectivity index (χ2n) is 5.74. The zero-order valence-electron chi connectivity index (χ0n) is 12.1. The maximum atomic E-state index is 9.56. The van der Waals surface area contributed by atoms with E-state index in [-0.39, 0.29) is 13.2 Å². The van der Waals surface area contributed by atoms with E-state index in [2.05, 4.69) is 20.9 Å². The van der Waals surface area contributed by atoms with Crippen molar-refractivity contribution in [1.82, 2.24) is 14.8 Å². The molecule has 0 aliphatic carbocycles. The third-order valence-corrected chi connectivity index (χ3v) is 4.04. The molecule has 1 aromatic heterocycles. The summed E-state index contributed by atoms with van der Waals surface area (Å²) in [7, 11) is 2.02. The van der Waals surface area contributed by atoms with Gasteiger partial charge in [0.2, 0.25) is 0 Å². The highest BCUT2D eigenvalue weighted by atomic mass is 16.3. The van der Waals surface area contributed by atoms with Gasteiger partial charge in [-0.15, -0.1) is 0 Å². The Labute approximate surface area is 120 Å². The molecular formula is C15H25N3O2. The van der Waals surface area contributed by atoms with Gasteiger partial charge in [0, 0.05) is 51.7 Å². The van der Waals surface area contributed by atoms with Crippen LogP contribution in [0.4, 0.5) is 0 Å². The summed E-state index contributed by atoms with van der Waals surface area (Å²) < 4.78 is 0. The molecule has 0 amide bonds. The van der Waals surface area contributed by atoms with Gasteiger partial charge in [-0.25, -0.2) is 0 Å². The van der Waals surface area contributed by atoms with Crippen molar-refractivity contribution in [3.8, 4) is 0 Å². The first-order chi connectivity index (χ1) is 9.72. The smallest absolute Gasteiger partial charge is 0.0558 e. The molecule has 5 nitrogen and oxygen atoms in total. The Morgan fingerprint density at radius 2 is 2.15 bits per heavy atom.